The van der Waals surface area contributed by atoms with Crippen LogP contribution in [0.2, 0.25) is 0 Å². The lowest BCUT2D eigenvalue weighted by molar-refractivity contribution is -0.143. The van der Waals surface area contributed by atoms with Crippen LogP contribution in [-0.2, 0) is 16.1 Å². The summed E-state index contributed by atoms with van der Waals surface area (Å²) in [5.41, 5.74) is 2.72. The molecule has 5 nitrogen and oxygen atoms in total. The van der Waals surface area contributed by atoms with Gasteiger partial charge in [-0.3, -0.25) is 9.59 Å². The van der Waals surface area contributed by atoms with E-state index in [4.69, 9.17) is 4.74 Å². The zero-order valence-electron chi connectivity index (χ0n) is 19.1. The fourth-order valence-electron chi connectivity index (χ4n) is 3.23. The van der Waals surface area contributed by atoms with Crippen LogP contribution < -0.4 is 10.1 Å². The standard InChI is InChI=1S/C25H33FN2O3/c1-6-19(5)27-25(30)22(7-2)28(15-20-10-12-21(26)13-11-20)24(29)16-31-23-14-17(3)8-9-18(23)4/h8-14,19,22H,6-7,15-16H2,1-5H3,(H,27,30)/t19-,22-/m1/s1. The molecule has 2 atom stereocenters. The molecule has 6 heteroatoms. The summed E-state index contributed by atoms with van der Waals surface area (Å²) in [5, 5.41) is 2.97. The lowest BCUT2D eigenvalue weighted by atomic mass is 10.1. The Kier molecular flexibility index (Phi) is 9.03. The molecule has 0 heterocycles. The molecule has 0 fully saturated rings. The first kappa shape index (κ1) is 24.4. The molecule has 1 N–H and O–H groups in total. The highest BCUT2D eigenvalue weighted by Gasteiger charge is 2.29. The van der Waals surface area contributed by atoms with Crippen molar-refractivity contribution in [3.8, 4) is 5.75 Å². The molecule has 0 spiro atoms. The Balaban J connectivity index is 2.23. The number of aryl methyl sites for hydroxylation is 2. The van der Waals surface area contributed by atoms with Crippen LogP contribution in [0.3, 0.4) is 0 Å². The van der Waals surface area contributed by atoms with Gasteiger partial charge < -0.3 is 15.0 Å². The normalized spacial score (nSPS) is 12.7. The maximum absolute atomic E-state index is 13.3. The van der Waals surface area contributed by atoms with E-state index >= 15 is 0 Å². The van der Waals surface area contributed by atoms with Crippen molar-refractivity contribution < 1.29 is 18.7 Å². The van der Waals surface area contributed by atoms with E-state index in [1.54, 1.807) is 12.1 Å². The second kappa shape index (κ2) is 11.5. The number of hydrogen-bond acceptors (Lipinski definition) is 3. The van der Waals surface area contributed by atoms with Crippen LogP contribution in [0.5, 0.6) is 5.75 Å². The molecule has 2 rings (SSSR count). The van der Waals surface area contributed by atoms with Crippen molar-refractivity contribution in [2.45, 2.75) is 66.1 Å². The fraction of sp³-hybridized carbons (Fsp3) is 0.440. The zero-order chi connectivity index (χ0) is 23.0. The number of amides is 2. The van der Waals surface area contributed by atoms with Crippen molar-refractivity contribution in [2.75, 3.05) is 6.61 Å². The largest absolute Gasteiger partial charge is 0.483 e. The summed E-state index contributed by atoms with van der Waals surface area (Å²) in [6.07, 6.45) is 1.25. The Morgan fingerprint density at radius 2 is 1.74 bits per heavy atom. The topological polar surface area (TPSA) is 58.6 Å². The molecule has 2 aromatic carbocycles. The number of carbonyl (C=O) groups is 2. The number of ether oxygens (including phenoxy) is 1. The van der Waals surface area contributed by atoms with Crippen molar-refractivity contribution in [2.24, 2.45) is 0 Å². The molecule has 0 aliphatic rings. The minimum absolute atomic E-state index is 0.00974. The first-order chi connectivity index (χ1) is 14.7. The highest BCUT2D eigenvalue weighted by atomic mass is 19.1. The van der Waals surface area contributed by atoms with Gasteiger partial charge in [0.1, 0.15) is 17.6 Å². The number of nitrogens with zero attached hydrogens (tertiary/aromatic N) is 1. The third kappa shape index (κ3) is 7.09. The maximum atomic E-state index is 13.3. The molecular formula is C25H33FN2O3. The number of hydrogen-bond donors (Lipinski definition) is 1. The van der Waals surface area contributed by atoms with E-state index in [2.05, 4.69) is 5.32 Å². The molecule has 0 bridgehead atoms. The van der Waals surface area contributed by atoms with Gasteiger partial charge in [0, 0.05) is 12.6 Å². The lowest BCUT2D eigenvalue weighted by Crippen LogP contribution is -2.51. The first-order valence-electron chi connectivity index (χ1n) is 10.8. The molecular weight excluding hydrogens is 395 g/mol. The lowest BCUT2D eigenvalue weighted by Gasteiger charge is -2.31. The second-order valence-corrected chi connectivity index (χ2v) is 7.95. The van der Waals surface area contributed by atoms with Crippen LogP contribution in [0.15, 0.2) is 42.5 Å². The summed E-state index contributed by atoms with van der Waals surface area (Å²) in [5.74, 6) is -0.191. The number of nitrogens with one attached hydrogen (secondary N) is 1. The summed E-state index contributed by atoms with van der Waals surface area (Å²) in [7, 11) is 0. The highest BCUT2D eigenvalue weighted by Crippen LogP contribution is 2.20. The van der Waals surface area contributed by atoms with Gasteiger partial charge in [0.15, 0.2) is 6.61 Å². The second-order valence-electron chi connectivity index (χ2n) is 7.95. The minimum atomic E-state index is -0.645. The summed E-state index contributed by atoms with van der Waals surface area (Å²) in [4.78, 5) is 27.6. The van der Waals surface area contributed by atoms with Gasteiger partial charge in [-0.25, -0.2) is 4.39 Å². The van der Waals surface area contributed by atoms with Gasteiger partial charge in [-0.15, -0.1) is 0 Å². The van der Waals surface area contributed by atoms with Crippen molar-refractivity contribution >= 4 is 11.8 Å². The predicted octanol–water partition coefficient (Wildman–Crippen LogP) is 4.54. The monoisotopic (exact) mass is 428 g/mol. The number of benzene rings is 2. The molecule has 0 saturated carbocycles. The van der Waals surface area contributed by atoms with Crippen LogP contribution in [0.25, 0.3) is 0 Å². The van der Waals surface area contributed by atoms with E-state index in [9.17, 15) is 14.0 Å². The van der Waals surface area contributed by atoms with Crippen LogP contribution in [0.1, 0.15) is 50.3 Å². The average molecular weight is 429 g/mol. The van der Waals surface area contributed by atoms with Gasteiger partial charge in [0.25, 0.3) is 5.91 Å². The molecule has 0 aliphatic carbocycles. The predicted molar refractivity (Wildman–Crippen MR) is 120 cm³/mol. The Morgan fingerprint density at radius 3 is 2.35 bits per heavy atom. The minimum Gasteiger partial charge on any atom is -0.483 e. The van der Waals surface area contributed by atoms with Crippen molar-refractivity contribution in [3.05, 3.63) is 65.0 Å². The molecule has 2 amide bonds. The zero-order valence-corrected chi connectivity index (χ0v) is 19.1. The molecule has 2 aromatic rings. The number of halogens is 1. The van der Waals surface area contributed by atoms with Gasteiger partial charge in [-0.2, -0.15) is 0 Å². The Morgan fingerprint density at radius 1 is 1.06 bits per heavy atom. The summed E-state index contributed by atoms with van der Waals surface area (Å²) >= 11 is 0. The number of rotatable bonds is 10. The quantitative estimate of drug-likeness (QED) is 0.604. The third-order valence-electron chi connectivity index (χ3n) is 5.35. The van der Waals surface area contributed by atoms with E-state index in [1.165, 1.54) is 17.0 Å². The van der Waals surface area contributed by atoms with Crippen LogP contribution in [0.4, 0.5) is 4.39 Å². The molecule has 0 saturated heterocycles. The van der Waals surface area contributed by atoms with Crippen molar-refractivity contribution in [1.29, 1.82) is 0 Å². The number of carbonyl (C=O) groups excluding carboxylic acids is 2. The molecule has 0 radical (unpaired) electrons. The molecule has 31 heavy (non-hydrogen) atoms. The van der Waals surface area contributed by atoms with Crippen LogP contribution in [-0.4, -0.2) is 35.4 Å². The van der Waals surface area contributed by atoms with Crippen molar-refractivity contribution in [3.63, 3.8) is 0 Å². The summed E-state index contributed by atoms with van der Waals surface area (Å²) in [6.45, 7) is 9.69. The average Bonchev–Trinajstić information content (AvgIpc) is 2.75. The van der Waals surface area contributed by atoms with E-state index < -0.39 is 6.04 Å². The molecule has 0 aliphatic heterocycles. The maximum Gasteiger partial charge on any atom is 0.261 e. The Bertz CT molecular complexity index is 883. The van der Waals surface area contributed by atoms with Gasteiger partial charge in [0.05, 0.1) is 0 Å². The van der Waals surface area contributed by atoms with Gasteiger partial charge in [-0.1, -0.05) is 38.1 Å². The van der Waals surface area contributed by atoms with Gasteiger partial charge in [-0.05, 0) is 68.5 Å². The smallest absolute Gasteiger partial charge is 0.261 e. The SMILES string of the molecule is CC[C@@H](C)NC(=O)[C@@H](CC)N(Cc1ccc(F)cc1)C(=O)COc1cc(C)ccc1C. The summed E-state index contributed by atoms with van der Waals surface area (Å²) < 4.78 is 19.1. The molecule has 168 valence electrons. The van der Waals surface area contributed by atoms with E-state index in [0.717, 1.165) is 23.1 Å². The van der Waals surface area contributed by atoms with Crippen LogP contribution in [0, 0.1) is 19.7 Å². The third-order valence-corrected chi connectivity index (χ3v) is 5.35. The van der Waals surface area contributed by atoms with E-state index in [-0.39, 0.29) is 36.8 Å². The Hall–Kier alpha value is -2.89. The van der Waals surface area contributed by atoms with E-state index in [1.807, 2.05) is 52.8 Å². The highest BCUT2D eigenvalue weighted by molar-refractivity contribution is 5.88. The van der Waals surface area contributed by atoms with Crippen molar-refractivity contribution in [1.82, 2.24) is 10.2 Å². The van der Waals surface area contributed by atoms with Gasteiger partial charge in [0.2, 0.25) is 5.91 Å². The first-order valence-corrected chi connectivity index (χ1v) is 10.8. The van der Waals surface area contributed by atoms with Gasteiger partial charge >= 0.3 is 0 Å². The van der Waals surface area contributed by atoms with Crippen LogP contribution >= 0.6 is 0 Å². The Labute approximate surface area is 184 Å². The van der Waals surface area contributed by atoms with E-state index in [0.29, 0.717) is 12.2 Å². The molecule has 0 unspecified atom stereocenters. The molecule has 0 aromatic heterocycles. The summed E-state index contributed by atoms with van der Waals surface area (Å²) in [6, 6.07) is 11.1. The fourth-order valence-corrected chi connectivity index (χ4v) is 3.23.